The molecule has 0 bridgehead atoms. The number of alkyl halides is 3. The van der Waals surface area contributed by atoms with Crippen LogP contribution in [0.25, 0.3) is 10.2 Å². The molecule has 0 atom stereocenters. The van der Waals surface area contributed by atoms with Crippen LogP contribution in [0, 0.1) is 0 Å². The first-order chi connectivity index (χ1) is 8.79. The summed E-state index contributed by atoms with van der Waals surface area (Å²) in [5.74, 6) is -0.780. The molecule has 102 valence electrons. The summed E-state index contributed by atoms with van der Waals surface area (Å²) >= 11 is 0.929. The number of amides is 1. The van der Waals surface area contributed by atoms with Gasteiger partial charge in [-0.15, -0.1) is 16.4 Å². The van der Waals surface area contributed by atoms with Crippen molar-refractivity contribution in [2.75, 3.05) is 19.3 Å². The van der Waals surface area contributed by atoms with Crippen molar-refractivity contribution in [1.29, 1.82) is 0 Å². The van der Waals surface area contributed by atoms with Crippen molar-refractivity contribution >= 4 is 33.1 Å². The molecule has 0 fully saturated rings. The number of carbonyl (C=O) groups excluding carboxylic acids is 1. The molecule has 0 aliphatic rings. The Kier molecular flexibility index (Phi) is 3.31. The fourth-order valence-corrected chi connectivity index (χ4v) is 2.58. The molecule has 0 saturated carbocycles. The van der Waals surface area contributed by atoms with Gasteiger partial charge in [-0.3, -0.25) is 4.79 Å². The number of thiophene rings is 1. The average molecular weight is 290 g/mol. The summed E-state index contributed by atoms with van der Waals surface area (Å²) in [5.41, 5.74) is 5.89. The van der Waals surface area contributed by atoms with Gasteiger partial charge in [0.1, 0.15) is 16.3 Å². The highest BCUT2D eigenvalue weighted by atomic mass is 32.1. The molecule has 0 aliphatic heterocycles. The van der Waals surface area contributed by atoms with Crippen LogP contribution in [0.2, 0.25) is 0 Å². The number of nitrogen functional groups attached to an aromatic ring is 1. The quantitative estimate of drug-likeness (QED) is 0.917. The number of halogens is 3. The van der Waals surface area contributed by atoms with Gasteiger partial charge in [-0.25, -0.2) is 0 Å². The first-order valence-electron chi connectivity index (χ1n) is 5.11. The maximum absolute atomic E-state index is 12.2. The highest BCUT2D eigenvalue weighted by Gasteiger charge is 2.32. The lowest BCUT2D eigenvalue weighted by Crippen LogP contribution is -2.35. The van der Waals surface area contributed by atoms with Crippen molar-refractivity contribution in [1.82, 2.24) is 15.1 Å². The molecule has 0 aromatic carbocycles. The Balaban J connectivity index is 2.34. The zero-order chi connectivity index (χ0) is 14.2. The van der Waals surface area contributed by atoms with E-state index in [1.807, 2.05) is 0 Å². The molecular formula is C10H9F3N4OS. The Morgan fingerprint density at radius 3 is 2.79 bits per heavy atom. The van der Waals surface area contributed by atoms with Gasteiger partial charge in [-0.2, -0.15) is 18.3 Å². The van der Waals surface area contributed by atoms with Crippen molar-refractivity contribution in [3.05, 3.63) is 17.1 Å². The molecule has 2 N–H and O–H groups in total. The number of nitrogens with zero attached hydrogens (tertiary/aromatic N) is 3. The Labute approximate surface area is 109 Å². The topological polar surface area (TPSA) is 72.1 Å². The van der Waals surface area contributed by atoms with Crippen LogP contribution in [0.3, 0.4) is 0 Å². The summed E-state index contributed by atoms with van der Waals surface area (Å²) in [5, 5.41) is 7.92. The lowest BCUT2D eigenvalue weighted by Gasteiger charge is -2.18. The third kappa shape index (κ3) is 2.75. The Bertz CT molecular complexity index is 625. The highest BCUT2D eigenvalue weighted by molar-refractivity contribution is 7.21. The Morgan fingerprint density at radius 1 is 1.53 bits per heavy atom. The van der Waals surface area contributed by atoms with Crippen molar-refractivity contribution < 1.29 is 18.0 Å². The predicted octanol–water partition coefficient (Wildman–Crippen LogP) is 1.91. The lowest BCUT2D eigenvalue weighted by atomic mass is 10.2. The van der Waals surface area contributed by atoms with E-state index >= 15 is 0 Å². The van der Waals surface area contributed by atoms with Crippen LogP contribution in [0.5, 0.6) is 0 Å². The maximum Gasteiger partial charge on any atom is 0.406 e. The van der Waals surface area contributed by atoms with E-state index in [2.05, 4.69) is 10.2 Å². The van der Waals surface area contributed by atoms with Crippen LogP contribution in [0.15, 0.2) is 12.3 Å². The molecule has 2 aromatic heterocycles. The van der Waals surface area contributed by atoms with Gasteiger partial charge >= 0.3 is 6.18 Å². The van der Waals surface area contributed by atoms with Crippen molar-refractivity contribution in [3.8, 4) is 0 Å². The average Bonchev–Trinajstić information content (AvgIpc) is 2.64. The van der Waals surface area contributed by atoms with Crippen LogP contribution < -0.4 is 5.73 Å². The number of aromatic nitrogens is 2. The fraction of sp³-hybridized carbons (Fsp3) is 0.300. The zero-order valence-corrected chi connectivity index (χ0v) is 10.5. The van der Waals surface area contributed by atoms with E-state index in [0.29, 0.717) is 15.1 Å². The summed E-state index contributed by atoms with van der Waals surface area (Å²) in [6, 6.07) is 1.56. The summed E-state index contributed by atoms with van der Waals surface area (Å²) in [6.45, 7) is -1.33. The summed E-state index contributed by atoms with van der Waals surface area (Å²) in [4.78, 5) is 13.0. The van der Waals surface area contributed by atoms with Gasteiger partial charge in [-0.05, 0) is 6.07 Å². The van der Waals surface area contributed by atoms with E-state index < -0.39 is 18.6 Å². The molecule has 0 radical (unpaired) electrons. The highest BCUT2D eigenvalue weighted by Crippen LogP contribution is 2.32. The number of hydrogen-bond donors (Lipinski definition) is 1. The van der Waals surface area contributed by atoms with Gasteiger partial charge in [-0.1, -0.05) is 0 Å². The van der Waals surface area contributed by atoms with Crippen LogP contribution in [0.1, 0.15) is 9.67 Å². The third-order valence-corrected chi connectivity index (χ3v) is 3.47. The SMILES string of the molecule is CN(CC(F)(F)F)C(=O)c1sc2nnccc2c1N. The van der Waals surface area contributed by atoms with Gasteiger partial charge in [0.15, 0.2) is 0 Å². The largest absolute Gasteiger partial charge is 0.406 e. The summed E-state index contributed by atoms with van der Waals surface area (Å²) in [7, 11) is 1.07. The molecule has 2 aromatic rings. The number of carbonyl (C=O) groups is 1. The second-order valence-electron chi connectivity index (χ2n) is 3.87. The summed E-state index contributed by atoms with van der Waals surface area (Å²) < 4.78 is 36.7. The smallest absolute Gasteiger partial charge is 0.397 e. The molecule has 0 spiro atoms. The standard InChI is InChI=1S/C10H9F3N4OS/c1-17(4-10(11,12)13)9(18)7-6(14)5-2-3-15-16-8(5)19-7/h2-3H,4,14H2,1H3. The number of rotatable bonds is 2. The number of anilines is 1. The summed E-state index contributed by atoms with van der Waals surface area (Å²) in [6.07, 6.45) is -3.05. The van der Waals surface area contributed by atoms with Gasteiger partial charge in [0, 0.05) is 12.4 Å². The number of fused-ring (bicyclic) bond motifs is 1. The monoisotopic (exact) mass is 290 g/mol. The van der Waals surface area contributed by atoms with Gasteiger partial charge in [0.25, 0.3) is 5.91 Å². The second kappa shape index (κ2) is 4.65. The van der Waals surface area contributed by atoms with Gasteiger partial charge < -0.3 is 10.6 Å². The van der Waals surface area contributed by atoms with Crippen molar-refractivity contribution in [2.24, 2.45) is 0 Å². The molecule has 2 heterocycles. The van der Waals surface area contributed by atoms with Crippen LogP contribution in [0.4, 0.5) is 18.9 Å². The lowest BCUT2D eigenvalue weighted by molar-refractivity contribution is -0.138. The number of nitrogens with two attached hydrogens (primary N) is 1. The zero-order valence-electron chi connectivity index (χ0n) is 9.73. The molecule has 0 aliphatic carbocycles. The number of hydrogen-bond acceptors (Lipinski definition) is 5. The van der Waals surface area contributed by atoms with Crippen LogP contribution >= 0.6 is 11.3 Å². The van der Waals surface area contributed by atoms with Crippen LogP contribution in [-0.2, 0) is 0 Å². The predicted molar refractivity (Wildman–Crippen MR) is 64.8 cm³/mol. The first kappa shape index (κ1) is 13.5. The maximum atomic E-state index is 12.2. The third-order valence-electron chi connectivity index (χ3n) is 2.38. The Morgan fingerprint density at radius 2 is 2.21 bits per heavy atom. The molecule has 2 rings (SSSR count). The molecule has 1 amide bonds. The second-order valence-corrected chi connectivity index (χ2v) is 4.87. The van der Waals surface area contributed by atoms with Gasteiger partial charge in [0.2, 0.25) is 0 Å². The van der Waals surface area contributed by atoms with Crippen LogP contribution in [-0.4, -0.2) is 40.8 Å². The molecule has 0 unspecified atom stereocenters. The normalized spacial score (nSPS) is 11.8. The van der Waals surface area contributed by atoms with E-state index in [9.17, 15) is 18.0 Å². The fourth-order valence-electron chi connectivity index (χ4n) is 1.55. The minimum atomic E-state index is -4.45. The molecular weight excluding hydrogens is 281 g/mol. The van der Waals surface area contributed by atoms with E-state index in [4.69, 9.17) is 5.73 Å². The minimum absolute atomic E-state index is 0.0438. The molecule has 19 heavy (non-hydrogen) atoms. The Hall–Kier alpha value is -1.90. The van der Waals surface area contributed by atoms with E-state index in [1.54, 1.807) is 6.07 Å². The molecule has 9 heteroatoms. The van der Waals surface area contributed by atoms with E-state index in [0.717, 1.165) is 18.4 Å². The van der Waals surface area contributed by atoms with Crippen molar-refractivity contribution in [2.45, 2.75) is 6.18 Å². The molecule has 0 saturated heterocycles. The van der Waals surface area contributed by atoms with E-state index in [-0.39, 0.29) is 10.6 Å². The van der Waals surface area contributed by atoms with E-state index in [1.165, 1.54) is 6.20 Å². The first-order valence-corrected chi connectivity index (χ1v) is 5.93. The van der Waals surface area contributed by atoms with Gasteiger partial charge in [0.05, 0.1) is 11.9 Å². The minimum Gasteiger partial charge on any atom is -0.397 e. The molecule has 5 nitrogen and oxygen atoms in total. The van der Waals surface area contributed by atoms with Crippen molar-refractivity contribution in [3.63, 3.8) is 0 Å².